The van der Waals surface area contributed by atoms with Crippen molar-refractivity contribution in [3.63, 3.8) is 0 Å². The quantitative estimate of drug-likeness (QED) is 0.712. The van der Waals surface area contributed by atoms with Crippen LogP contribution in [-0.4, -0.2) is 21.6 Å². The molecule has 2 heterocycles. The number of hydrogen-bond acceptors (Lipinski definition) is 3. The van der Waals surface area contributed by atoms with Gasteiger partial charge in [0.25, 0.3) is 5.91 Å². The molecule has 29 heavy (non-hydrogen) atoms. The first-order valence-corrected chi connectivity index (χ1v) is 9.78. The van der Waals surface area contributed by atoms with Gasteiger partial charge in [-0.1, -0.05) is 29.8 Å². The van der Waals surface area contributed by atoms with Crippen LogP contribution in [0.1, 0.15) is 52.3 Å². The van der Waals surface area contributed by atoms with Crippen molar-refractivity contribution in [2.75, 3.05) is 5.32 Å². The summed E-state index contributed by atoms with van der Waals surface area (Å²) in [5.41, 5.74) is 6.35. The molecular formula is C23H24N4O2. The van der Waals surface area contributed by atoms with E-state index in [1.165, 1.54) is 5.56 Å². The standard InChI is InChI=1S/C23H24N4O2/c1-14-4-8-19(9-5-14)27-15(2)12-21(26-27)23(29)24-16(3)17-6-10-20-18(13-17)7-11-22(28)25-20/h4-6,8-10,12-13,16H,7,11H2,1-3H3,(H,24,29)(H,25,28)/t16-/m1/s1. The van der Waals surface area contributed by atoms with Gasteiger partial charge in [-0.2, -0.15) is 5.10 Å². The lowest BCUT2D eigenvalue weighted by Gasteiger charge is -2.20. The lowest BCUT2D eigenvalue weighted by molar-refractivity contribution is -0.116. The normalized spacial score (nSPS) is 14.1. The van der Waals surface area contributed by atoms with Gasteiger partial charge in [0, 0.05) is 17.8 Å². The van der Waals surface area contributed by atoms with E-state index in [4.69, 9.17) is 0 Å². The van der Waals surface area contributed by atoms with Gasteiger partial charge in [-0.3, -0.25) is 9.59 Å². The van der Waals surface area contributed by atoms with Crippen LogP contribution in [0.4, 0.5) is 5.69 Å². The van der Waals surface area contributed by atoms with Gasteiger partial charge in [0.2, 0.25) is 5.91 Å². The van der Waals surface area contributed by atoms with Crippen molar-refractivity contribution < 1.29 is 9.59 Å². The van der Waals surface area contributed by atoms with Crippen molar-refractivity contribution in [1.29, 1.82) is 0 Å². The second-order valence-corrected chi connectivity index (χ2v) is 7.58. The molecule has 4 rings (SSSR count). The monoisotopic (exact) mass is 388 g/mol. The van der Waals surface area contributed by atoms with Crippen molar-refractivity contribution in [3.8, 4) is 5.69 Å². The minimum atomic E-state index is -0.211. The van der Waals surface area contributed by atoms with E-state index in [1.54, 1.807) is 10.7 Å². The molecule has 1 aliphatic rings. The number of aromatic nitrogens is 2. The van der Waals surface area contributed by atoms with Crippen molar-refractivity contribution in [2.45, 2.75) is 39.7 Å². The topological polar surface area (TPSA) is 76.0 Å². The third-order valence-electron chi connectivity index (χ3n) is 5.27. The summed E-state index contributed by atoms with van der Waals surface area (Å²) in [4.78, 5) is 24.3. The van der Waals surface area contributed by atoms with Crippen molar-refractivity contribution in [1.82, 2.24) is 15.1 Å². The van der Waals surface area contributed by atoms with Gasteiger partial charge >= 0.3 is 0 Å². The highest BCUT2D eigenvalue weighted by molar-refractivity contribution is 5.94. The summed E-state index contributed by atoms with van der Waals surface area (Å²) in [5.74, 6) is -0.163. The molecule has 0 saturated heterocycles. The molecule has 1 aromatic heterocycles. The third kappa shape index (κ3) is 3.92. The van der Waals surface area contributed by atoms with Gasteiger partial charge in [-0.05, 0) is 62.6 Å². The molecule has 0 bridgehead atoms. The Hall–Kier alpha value is -3.41. The Morgan fingerprint density at radius 1 is 1.10 bits per heavy atom. The van der Waals surface area contributed by atoms with Gasteiger partial charge in [0.15, 0.2) is 5.69 Å². The number of nitrogens with one attached hydrogen (secondary N) is 2. The van der Waals surface area contributed by atoms with E-state index in [1.807, 2.05) is 57.2 Å². The molecule has 1 atom stereocenters. The van der Waals surface area contributed by atoms with Crippen LogP contribution in [0.3, 0.4) is 0 Å². The van der Waals surface area contributed by atoms with Gasteiger partial charge < -0.3 is 10.6 Å². The Kier molecular flexibility index (Phi) is 4.92. The van der Waals surface area contributed by atoms with Crippen LogP contribution >= 0.6 is 0 Å². The van der Waals surface area contributed by atoms with E-state index in [0.29, 0.717) is 12.1 Å². The first-order valence-electron chi connectivity index (χ1n) is 9.78. The van der Waals surface area contributed by atoms with Crippen LogP contribution in [0, 0.1) is 13.8 Å². The molecule has 3 aromatic rings. The zero-order valence-electron chi connectivity index (χ0n) is 16.8. The Morgan fingerprint density at radius 2 is 1.86 bits per heavy atom. The van der Waals surface area contributed by atoms with Crippen molar-refractivity contribution in [3.05, 3.63) is 76.6 Å². The molecule has 0 radical (unpaired) electrons. The first kappa shape index (κ1) is 18.9. The number of anilines is 1. The lowest BCUT2D eigenvalue weighted by atomic mass is 9.98. The summed E-state index contributed by atoms with van der Waals surface area (Å²) in [7, 11) is 0. The Balaban J connectivity index is 1.50. The summed E-state index contributed by atoms with van der Waals surface area (Å²) < 4.78 is 1.78. The molecule has 0 fully saturated rings. The zero-order valence-corrected chi connectivity index (χ0v) is 16.8. The molecular weight excluding hydrogens is 364 g/mol. The predicted molar refractivity (Wildman–Crippen MR) is 112 cm³/mol. The zero-order chi connectivity index (χ0) is 20.5. The van der Waals surface area contributed by atoms with E-state index >= 15 is 0 Å². The van der Waals surface area contributed by atoms with Crippen molar-refractivity contribution >= 4 is 17.5 Å². The van der Waals surface area contributed by atoms with Gasteiger partial charge in [-0.25, -0.2) is 4.68 Å². The Labute approximate surface area is 169 Å². The van der Waals surface area contributed by atoms with Crippen LogP contribution in [0.15, 0.2) is 48.5 Å². The number of carbonyl (C=O) groups is 2. The summed E-state index contributed by atoms with van der Waals surface area (Å²) in [6.07, 6.45) is 1.21. The number of benzene rings is 2. The van der Waals surface area contributed by atoms with Gasteiger partial charge in [0.1, 0.15) is 0 Å². The first-order chi connectivity index (χ1) is 13.9. The minimum absolute atomic E-state index is 0.0473. The number of hydrogen-bond donors (Lipinski definition) is 2. The average Bonchev–Trinajstić information content (AvgIpc) is 3.10. The van der Waals surface area contributed by atoms with E-state index in [2.05, 4.69) is 21.8 Å². The predicted octanol–water partition coefficient (Wildman–Crippen LogP) is 3.86. The molecule has 0 aliphatic carbocycles. The van der Waals surface area contributed by atoms with E-state index < -0.39 is 0 Å². The van der Waals surface area contributed by atoms with Crippen LogP contribution in [-0.2, 0) is 11.2 Å². The molecule has 0 unspecified atom stereocenters. The highest BCUT2D eigenvalue weighted by Gasteiger charge is 2.19. The SMILES string of the molecule is Cc1ccc(-n2nc(C(=O)N[C@H](C)c3ccc4c(c3)CCC(=O)N4)cc2C)cc1. The van der Waals surface area contributed by atoms with E-state index in [0.717, 1.165) is 34.6 Å². The smallest absolute Gasteiger partial charge is 0.272 e. The van der Waals surface area contributed by atoms with Gasteiger partial charge in [-0.15, -0.1) is 0 Å². The molecule has 148 valence electrons. The molecule has 1 aliphatic heterocycles. The van der Waals surface area contributed by atoms with Crippen LogP contribution in [0.25, 0.3) is 5.69 Å². The summed E-state index contributed by atoms with van der Waals surface area (Å²) in [6, 6.07) is 15.5. The van der Waals surface area contributed by atoms with Crippen molar-refractivity contribution in [2.24, 2.45) is 0 Å². The maximum absolute atomic E-state index is 12.8. The average molecular weight is 388 g/mol. The largest absolute Gasteiger partial charge is 0.344 e. The van der Waals surface area contributed by atoms with Crippen LogP contribution in [0.5, 0.6) is 0 Å². The number of rotatable bonds is 4. The summed E-state index contributed by atoms with van der Waals surface area (Å²) >= 11 is 0. The van der Waals surface area contributed by atoms with E-state index in [-0.39, 0.29) is 17.9 Å². The molecule has 0 spiro atoms. The molecule has 2 amide bonds. The number of amides is 2. The fraction of sp³-hybridized carbons (Fsp3) is 0.261. The van der Waals surface area contributed by atoms with Gasteiger partial charge in [0.05, 0.1) is 11.7 Å². The lowest BCUT2D eigenvalue weighted by Crippen LogP contribution is -2.27. The second-order valence-electron chi connectivity index (χ2n) is 7.58. The summed E-state index contributed by atoms with van der Waals surface area (Å²) in [6.45, 7) is 5.92. The number of nitrogens with zero attached hydrogens (tertiary/aromatic N) is 2. The fourth-order valence-corrected chi connectivity index (χ4v) is 3.56. The van der Waals surface area contributed by atoms with Crippen LogP contribution in [0.2, 0.25) is 0 Å². The molecule has 2 aromatic carbocycles. The second kappa shape index (κ2) is 7.54. The Bertz CT molecular complexity index is 1080. The summed E-state index contributed by atoms with van der Waals surface area (Å²) in [5, 5.41) is 10.4. The minimum Gasteiger partial charge on any atom is -0.344 e. The number of carbonyl (C=O) groups excluding carboxylic acids is 2. The van der Waals surface area contributed by atoms with E-state index in [9.17, 15) is 9.59 Å². The molecule has 2 N–H and O–H groups in total. The fourth-order valence-electron chi connectivity index (χ4n) is 3.56. The molecule has 6 nitrogen and oxygen atoms in total. The molecule has 0 saturated carbocycles. The molecule has 6 heteroatoms. The number of fused-ring (bicyclic) bond motifs is 1. The highest BCUT2D eigenvalue weighted by atomic mass is 16.2. The number of aryl methyl sites for hydroxylation is 3. The highest BCUT2D eigenvalue weighted by Crippen LogP contribution is 2.26. The maximum Gasteiger partial charge on any atom is 0.272 e. The third-order valence-corrected chi connectivity index (χ3v) is 5.27. The van der Waals surface area contributed by atoms with Crippen LogP contribution < -0.4 is 10.6 Å². The maximum atomic E-state index is 12.8. The Morgan fingerprint density at radius 3 is 2.62 bits per heavy atom.